The standard InChI is InChI=1S/C21H26N4O3.ClH/c1-24(2)21(27)23-16-8-6-7-15(13-16)20(26)25-12-11-22-14-18(25)17-9-4-5-10-19(17)28-3;/h4-10,13,18,22H,11-12,14H2,1-3H3,(H,23,27);1H. The van der Waals surface area contributed by atoms with Crippen molar-refractivity contribution in [2.24, 2.45) is 0 Å². The predicted molar refractivity (Wildman–Crippen MR) is 116 cm³/mol. The molecule has 1 fully saturated rings. The topological polar surface area (TPSA) is 73.9 Å². The second kappa shape index (κ2) is 10.1. The second-order valence-electron chi connectivity index (χ2n) is 6.87. The largest absolute Gasteiger partial charge is 0.496 e. The molecule has 2 aromatic carbocycles. The number of piperazine rings is 1. The molecule has 0 bridgehead atoms. The monoisotopic (exact) mass is 418 g/mol. The Hall–Kier alpha value is -2.77. The molecule has 3 rings (SSSR count). The van der Waals surface area contributed by atoms with Crippen LogP contribution < -0.4 is 15.4 Å². The van der Waals surface area contributed by atoms with Crippen molar-refractivity contribution < 1.29 is 14.3 Å². The van der Waals surface area contributed by atoms with Crippen LogP contribution in [-0.4, -0.2) is 62.6 Å². The Kier molecular flexibility index (Phi) is 7.87. The van der Waals surface area contributed by atoms with Crippen molar-refractivity contribution >= 4 is 30.0 Å². The maximum absolute atomic E-state index is 13.3. The lowest BCUT2D eigenvalue weighted by Crippen LogP contribution is -2.48. The molecule has 156 valence electrons. The van der Waals surface area contributed by atoms with Gasteiger partial charge in [-0.15, -0.1) is 12.4 Å². The van der Waals surface area contributed by atoms with E-state index in [-0.39, 0.29) is 30.4 Å². The molecule has 0 aliphatic carbocycles. The Morgan fingerprint density at radius 2 is 1.93 bits per heavy atom. The molecule has 2 aromatic rings. The third kappa shape index (κ3) is 5.19. The van der Waals surface area contributed by atoms with Crippen LogP contribution >= 0.6 is 12.4 Å². The highest BCUT2D eigenvalue weighted by Gasteiger charge is 2.30. The molecule has 1 atom stereocenters. The number of benzene rings is 2. The first kappa shape index (κ1) is 22.5. The number of para-hydroxylation sites is 1. The van der Waals surface area contributed by atoms with Gasteiger partial charge in [0.15, 0.2) is 0 Å². The third-order valence-corrected chi connectivity index (χ3v) is 4.77. The minimum absolute atomic E-state index is 0. The van der Waals surface area contributed by atoms with E-state index in [9.17, 15) is 9.59 Å². The van der Waals surface area contributed by atoms with Gasteiger partial charge in [-0.2, -0.15) is 0 Å². The van der Waals surface area contributed by atoms with Gasteiger partial charge in [-0.25, -0.2) is 4.79 Å². The summed E-state index contributed by atoms with van der Waals surface area (Å²) in [4.78, 5) is 28.5. The summed E-state index contributed by atoms with van der Waals surface area (Å²) < 4.78 is 5.50. The number of carbonyl (C=O) groups excluding carboxylic acids is 2. The number of carbonyl (C=O) groups is 2. The third-order valence-electron chi connectivity index (χ3n) is 4.77. The van der Waals surface area contributed by atoms with E-state index < -0.39 is 0 Å². The molecule has 3 amide bonds. The van der Waals surface area contributed by atoms with Gasteiger partial charge in [0.05, 0.1) is 13.2 Å². The lowest BCUT2D eigenvalue weighted by molar-refractivity contribution is 0.0631. The summed E-state index contributed by atoms with van der Waals surface area (Å²) in [7, 11) is 4.98. The molecule has 7 nitrogen and oxygen atoms in total. The second-order valence-corrected chi connectivity index (χ2v) is 6.87. The molecule has 8 heteroatoms. The van der Waals surface area contributed by atoms with Crippen LogP contribution in [0, 0.1) is 0 Å². The van der Waals surface area contributed by atoms with E-state index in [1.165, 1.54) is 4.90 Å². The van der Waals surface area contributed by atoms with E-state index >= 15 is 0 Å². The van der Waals surface area contributed by atoms with Crippen molar-refractivity contribution in [3.63, 3.8) is 0 Å². The molecule has 0 saturated carbocycles. The molecule has 0 aromatic heterocycles. The summed E-state index contributed by atoms with van der Waals surface area (Å²) in [6.07, 6.45) is 0. The van der Waals surface area contributed by atoms with E-state index in [0.29, 0.717) is 24.3 Å². The predicted octanol–water partition coefficient (Wildman–Crippen LogP) is 3.00. The van der Waals surface area contributed by atoms with Gasteiger partial charge in [0.25, 0.3) is 5.91 Å². The summed E-state index contributed by atoms with van der Waals surface area (Å²) in [5.74, 6) is 0.694. The minimum Gasteiger partial charge on any atom is -0.496 e. The number of nitrogens with zero attached hydrogens (tertiary/aromatic N) is 2. The zero-order chi connectivity index (χ0) is 20.1. The molecule has 0 spiro atoms. The molecular formula is C21H27ClN4O3. The minimum atomic E-state index is -0.237. The summed E-state index contributed by atoms with van der Waals surface area (Å²) in [5.41, 5.74) is 2.11. The van der Waals surface area contributed by atoms with Crippen molar-refractivity contribution in [1.82, 2.24) is 15.1 Å². The van der Waals surface area contributed by atoms with Gasteiger partial charge in [-0.1, -0.05) is 24.3 Å². The maximum Gasteiger partial charge on any atom is 0.321 e. The zero-order valence-electron chi connectivity index (χ0n) is 16.8. The first-order valence-corrected chi connectivity index (χ1v) is 9.24. The molecule has 29 heavy (non-hydrogen) atoms. The molecule has 1 aliphatic heterocycles. The molecule has 1 saturated heterocycles. The van der Waals surface area contributed by atoms with Crippen LogP contribution in [0.2, 0.25) is 0 Å². The van der Waals surface area contributed by atoms with Crippen LogP contribution in [0.15, 0.2) is 48.5 Å². The average molecular weight is 419 g/mol. The molecule has 1 heterocycles. The number of amides is 3. The van der Waals surface area contributed by atoms with Crippen LogP contribution in [-0.2, 0) is 0 Å². The van der Waals surface area contributed by atoms with Crippen molar-refractivity contribution in [1.29, 1.82) is 0 Å². The number of urea groups is 1. The first-order chi connectivity index (χ1) is 13.5. The van der Waals surface area contributed by atoms with E-state index in [2.05, 4.69) is 10.6 Å². The van der Waals surface area contributed by atoms with Crippen molar-refractivity contribution in [2.45, 2.75) is 6.04 Å². The number of hydrogen-bond donors (Lipinski definition) is 2. The average Bonchev–Trinajstić information content (AvgIpc) is 2.73. The Morgan fingerprint density at radius 1 is 1.17 bits per heavy atom. The Balaban J connectivity index is 0.00000300. The molecular weight excluding hydrogens is 392 g/mol. The summed E-state index contributed by atoms with van der Waals surface area (Å²) >= 11 is 0. The number of nitrogens with one attached hydrogen (secondary N) is 2. The summed E-state index contributed by atoms with van der Waals surface area (Å²) in [6.45, 7) is 1.98. The Morgan fingerprint density at radius 3 is 2.66 bits per heavy atom. The van der Waals surface area contributed by atoms with Crippen LogP contribution in [0.4, 0.5) is 10.5 Å². The van der Waals surface area contributed by atoms with Gasteiger partial charge < -0.3 is 25.2 Å². The number of rotatable bonds is 4. The van der Waals surface area contributed by atoms with Gasteiger partial charge in [0.1, 0.15) is 5.75 Å². The van der Waals surface area contributed by atoms with Crippen molar-refractivity contribution in [3.05, 3.63) is 59.7 Å². The quantitative estimate of drug-likeness (QED) is 0.800. The van der Waals surface area contributed by atoms with Crippen LogP contribution in [0.1, 0.15) is 22.0 Å². The highest BCUT2D eigenvalue weighted by atomic mass is 35.5. The smallest absolute Gasteiger partial charge is 0.321 e. The van der Waals surface area contributed by atoms with E-state index in [4.69, 9.17) is 4.74 Å². The highest BCUT2D eigenvalue weighted by Crippen LogP contribution is 2.31. The fourth-order valence-electron chi connectivity index (χ4n) is 3.30. The number of halogens is 1. The normalized spacial score (nSPS) is 15.8. The number of ether oxygens (including phenoxy) is 1. The fourth-order valence-corrected chi connectivity index (χ4v) is 3.30. The molecule has 2 N–H and O–H groups in total. The first-order valence-electron chi connectivity index (χ1n) is 9.24. The Labute approximate surface area is 177 Å². The number of anilines is 1. The van der Waals surface area contributed by atoms with Gasteiger partial charge in [0.2, 0.25) is 0 Å². The van der Waals surface area contributed by atoms with Gasteiger partial charge in [-0.05, 0) is 24.3 Å². The molecule has 1 unspecified atom stereocenters. The molecule has 1 aliphatic rings. The molecule has 0 radical (unpaired) electrons. The Bertz CT molecular complexity index is 859. The van der Waals surface area contributed by atoms with Crippen LogP contribution in [0.3, 0.4) is 0 Å². The summed E-state index contributed by atoms with van der Waals surface area (Å²) in [6, 6.07) is 14.4. The van der Waals surface area contributed by atoms with E-state index in [1.807, 2.05) is 29.2 Å². The van der Waals surface area contributed by atoms with Gasteiger partial charge in [0, 0.05) is 50.5 Å². The highest BCUT2D eigenvalue weighted by molar-refractivity contribution is 5.97. The van der Waals surface area contributed by atoms with Crippen LogP contribution in [0.25, 0.3) is 0 Å². The zero-order valence-corrected chi connectivity index (χ0v) is 17.7. The fraction of sp³-hybridized carbons (Fsp3) is 0.333. The lowest BCUT2D eigenvalue weighted by Gasteiger charge is -2.37. The SMILES string of the molecule is COc1ccccc1C1CNCCN1C(=O)c1cccc(NC(=O)N(C)C)c1.Cl. The van der Waals surface area contributed by atoms with Crippen molar-refractivity contribution in [3.8, 4) is 5.75 Å². The van der Waals surface area contributed by atoms with E-state index in [0.717, 1.165) is 17.9 Å². The van der Waals surface area contributed by atoms with Crippen LogP contribution in [0.5, 0.6) is 5.75 Å². The maximum atomic E-state index is 13.3. The van der Waals surface area contributed by atoms with Crippen molar-refractivity contribution in [2.75, 3.05) is 46.2 Å². The number of hydrogen-bond acceptors (Lipinski definition) is 4. The van der Waals surface area contributed by atoms with Gasteiger partial charge >= 0.3 is 6.03 Å². The van der Waals surface area contributed by atoms with E-state index in [1.54, 1.807) is 45.5 Å². The van der Waals surface area contributed by atoms with Gasteiger partial charge in [-0.3, -0.25) is 4.79 Å². The summed E-state index contributed by atoms with van der Waals surface area (Å²) in [5, 5.41) is 6.14. The lowest BCUT2D eigenvalue weighted by atomic mass is 10.0. The number of methoxy groups -OCH3 is 1.